The molecule has 1 atom stereocenters. The Morgan fingerprint density at radius 2 is 2.06 bits per heavy atom. The number of hydrogen-bond acceptors (Lipinski definition) is 3. The van der Waals surface area contributed by atoms with Gasteiger partial charge in [-0.1, -0.05) is 0 Å². The molecule has 1 rings (SSSR count). The molecule has 1 heterocycles. The number of carbonyl (C=O) groups excluding carboxylic acids is 1. The van der Waals surface area contributed by atoms with Gasteiger partial charge >= 0.3 is 0 Å². The van der Waals surface area contributed by atoms with Crippen LogP contribution in [-0.2, 0) is 4.79 Å². The van der Waals surface area contributed by atoms with Gasteiger partial charge in [0.25, 0.3) is 0 Å². The molecule has 0 saturated carbocycles. The maximum absolute atomic E-state index is 11.9. The summed E-state index contributed by atoms with van der Waals surface area (Å²) in [6.07, 6.45) is 3.56. The van der Waals surface area contributed by atoms with E-state index in [4.69, 9.17) is 5.73 Å². The number of amides is 1. The zero-order chi connectivity index (χ0) is 12.1. The molecule has 1 unspecified atom stereocenters. The lowest BCUT2D eigenvalue weighted by Crippen LogP contribution is -2.44. The van der Waals surface area contributed by atoms with Gasteiger partial charge in [-0.25, -0.2) is 0 Å². The minimum atomic E-state index is 0.120. The first-order valence-electron chi connectivity index (χ1n) is 6.20. The van der Waals surface area contributed by atoms with Crippen LogP contribution in [-0.4, -0.2) is 55.0 Å². The monoisotopic (exact) mass is 227 g/mol. The van der Waals surface area contributed by atoms with Crippen molar-refractivity contribution in [2.45, 2.75) is 44.7 Å². The Kier molecular flexibility index (Phi) is 5.22. The molecule has 0 radical (unpaired) electrons. The van der Waals surface area contributed by atoms with E-state index in [-0.39, 0.29) is 11.9 Å². The third-order valence-corrected chi connectivity index (χ3v) is 3.44. The Labute approximate surface area is 98.8 Å². The second-order valence-corrected chi connectivity index (χ2v) is 5.06. The highest BCUT2D eigenvalue weighted by Crippen LogP contribution is 2.15. The molecule has 2 N–H and O–H groups in total. The molecule has 1 amide bonds. The van der Waals surface area contributed by atoms with Crippen molar-refractivity contribution in [3.05, 3.63) is 0 Å². The van der Waals surface area contributed by atoms with Crippen molar-refractivity contribution >= 4 is 5.91 Å². The standard InChI is InChI=1S/C12H25N3O/c1-10(13)4-5-12(16)15(3)11-6-8-14(2)9-7-11/h10-11H,4-9,13H2,1-3H3. The van der Waals surface area contributed by atoms with Crippen LogP contribution in [0.2, 0.25) is 0 Å². The molecular formula is C12H25N3O. The second kappa shape index (κ2) is 6.21. The molecule has 4 nitrogen and oxygen atoms in total. The summed E-state index contributed by atoms with van der Waals surface area (Å²) in [5, 5.41) is 0. The first kappa shape index (κ1) is 13.5. The first-order valence-corrected chi connectivity index (χ1v) is 6.20. The molecule has 0 aromatic carbocycles. The molecule has 94 valence electrons. The van der Waals surface area contributed by atoms with Gasteiger partial charge in [0, 0.05) is 25.6 Å². The van der Waals surface area contributed by atoms with Crippen LogP contribution in [0.4, 0.5) is 0 Å². The van der Waals surface area contributed by atoms with Gasteiger partial charge in [0.1, 0.15) is 0 Å². The molecule has 0 aromatic rings. The lowest BCUT2D eigenvalue weighted by Gasteiger charge is -2.35. The van der Waals surface area contributed by atoms with E-state index < -0.39 is 0 Å². The fourth-order valence-electron chi connectivity index (χ4n) is 2.11. The molecule has 0 aliphatic carbocycles. The maximum Gasteiger partial charge on any atom is 0.222 e. The van der Waals surface area contributed by atoms with Gasteiger partial charge in [0.05, 0.1) is 0 Å². The van der Waals surface area contributed by atoms with Gasteiger partial charge in [0.2, 0.25) is 5.91 Å². The van der Waals surface area contributed by atoms with E-state index >= 15 is 0 Å². The number of likely N-dealkylation sites (tertiary alicyclic amines) is 1. The minimum absolute atomic E-state index is 0.120. The summed E-state index contributed by atoms with van der Waals surface area (Å²) in [4.78, 5) is 16.1. The fraction of sp³-hybridized carbons (Fsp3) is 0.917. The predicted octanol–water partition coefficient (Wildman–Crippen LogP) is 0.666. The zero-order valence-electron chi connectivity index (χ0n) is 10.8. The van der Waals surface area contributed by atoms with E-state index in [0.717, 1.165) is 32.4 Å². The van der Waals surface area contributed by atoms with Crippen molar-refractivity contribution in [2.75, 3.05) is 27.2 Å². The van der Waals surface area contributed by atoms with Crippen molar-refractivity contribution in [1.82, 2.24) is 9.80 Å². The third kappa shape index (κ3) is 4.10. The van der Waals surface area contributed by atoms with E-state index in [2.05, 4.69) is 11.9 Å². The number of nitrogens with zero attached hydrogens (tertiary/aromatic N) is 2. The van der Waals surface area contributed by atoms with E-state index in [1.807, 2.05) is 18.9 Å². The quantitative estimate of drug-likeness (QED) is 0.768. The van der Waals surface area contributed by atoms with Gasteiger partial charge in [-0.05, 0) is 46.3 Å². The van der Waals surface area contributed by atoms with Crippen LogP contribution in [0.25, 0.3) is 0 Å². The molecule has 0 bridgehead atoms. The lowest BCUT2D eigenvalue weighted by atomic mass is 10.0. The molecule has 1 aliphatic rings. The van der Waals surface area contributed by atoms with Crippen molar-refractivity contribution in [1.29, 1.82) is 0 Å². The Balaban J connectivity index is 2.32. The van der Waals surface area contributed by atoms with Crippen molar-refractivity contribution < 1.29 is 4.79 Å². The maximum atomic E-state index is 11.9. The fourth-order valence-corrected chi connectivity index (χ4v) is 2.11. The Morgan fingerprint density at radius 1 is 1.50 bits per heavy atom. The molecular weight excluding hydrogens is 202 g/mol. The SMILES string of the molecule is CC(N)CCC(=O)N(C)C1CCN(C)CC1. The molecule has 16 heavy (non-hydrogen) atoms. The molecule has 1 aliphatic heterocycles. The average Bonchev–Trinajstić information content (AvgIpc) is 2.26. The topological polar surface area (TPSA) is 49.6 Å². The summed E-state index contributed by atoms with van der Waals surface area (Å²) in [7, 11) is 4.06. The molecule has 1 saturated heterocycles. The van der Waals surface area contributed by atoms with Gasteiger partial charge < -0.3 is 15.5 Å². The lowest BCUT2D eigenvalue weighted by molar-refractivity contribution is -0.133. The minimum Gasteiger partial charge on any atom is -0.343 e. The summed E-state index contributed by atoms with van der Waals surface area (Å²) < 4.78 is 0. The molecule has 4 heteroatoms. The smallest absolute Gasteiger partial charge is 0.222 e. The van der Waals surface area contributed by atoms with Crippen LogP contribution in [0.3, 0.4) is 0 Å². The number of carbonyl (C=O) groups is 1. The van der Waals surface area contributed by atoms with Crippen LogP contribution < -0.4 is 5.73 Å². The normalized spacial score (nSPS) is 20.8. The largest absolute Gasteiger partial charge is 0.343 e. The third-order valence-electron chi connectivity index (χ3n) is 3.44. The summed E-state index contributed by atoms with van der Waals surface area (Å²) in [6.45, 7) is 4.13. The van der Waals surface area contributed by atoms with Gasteiger partial charge in [0.15, 0.2) is 0 Å². The summed E-state index contributed by atoms with van der Waals surface area (Å²) >= 11 is 0. The highest BCUT2D eigenvalue weighted by atomic mass is 16.2. The van der Waals surface area contributed by atoms with Crippen LogP contribution in [0.5, 0.6) is 0 Å². The number of nitrogens with two attached hydrogens (primary N) is 1. The highest BCUT2D eigenvalue weighted by molar-refractivity contribution is 5.76. The van der Waals surface area contributed by atoms with Crippen LogP contribution in [0.1, 0.15) is 32.6 Å². The van der Waals surface area contributed by atoms with Gasteiger partial charge in [-0.15, -0.1) is 0 Å². The van der Waals surface area contributed by atoms with Gasteiger partial charge in [-0.2, -0.15) is 0 Å². The zero-order valence-corrected chi connectivity index (χ0v) is 10.8. The average molecular weight is 227 g/mol. The number of rotatable bonds is 4. The van der Waals surface area contributed by atoms with Crippen molar-refractivity contribution in [3.8, 4) is 0 Å². The van der Waals surface area contributed by atoms with E-state index in [0.29, 0.717) is 12.5 Å². The summed E-state index contributed by atoms with van der Waals surface area (Å²) in [5.41, 5.74) is 5.66. The van der Waals surface area contributed by atoms with E-state index in [9.17, 15) is 4.79 Å². The summed E-state index contributed by atoms with van der Waals surface area (Å²) in [6, 6.07) is 0.548. The number of hydrogen-bond donors (Lipinski definition) is 1. The predicted molar refractivity (Wildman–Crippen MR) is 66.2 cm³/mol. The van der Waals surface area contributed by atoms with E-state index in [1.165, 1.54) is 0 Å². The molecule has 1 fully saturated rings. The Morgan fingerprint density at radius 3 is 2.56 bits per heavy atom. The van der Waals surface area contributed by atoms with Crippen LogP contribution >= 0.6 is 0 Å². The van der Waals surface area contributed by atoms with Crippen molar-refractivity contribution in [3.63, 3.8) is 0 Å². The van der Waals surface area contributed by atoms with Crippen LogP contribution in [0.15, 0.2) is 0 Å². The highest BCUT2D eigenvalue weighted by Gasteiger charge is 2.23. The first-order chi connectivity index (χ1) is 7.50. The Bertz CT molecular complexity index is 222. The second-order valence-electron chi connectivity index (χ2n) is 5.06. The molecule has 0 aromatic heterocycles. The van der Waals surface area contributed by atoms with Gasteiger partial charge in [-0.3, -0.25) is 4.79 Å². The summed E-state index contributed by atoms with van der Waals surface area (Å²) in [5.74, 6) is 0.242. The van der Waals surface area contributed by atoms with E-state index in [1.54, 1.807) is 0 Å². The molecule has 0 spiro atoms. The number of piperidine rings is 1. The van der Waals surface area contributed by atoms with Crippen LogP contribution in [0, 0.1) is 0 Å². The van der Waals surface area contributed by atoms with Crippen molar-refractivity contribution in [2.24, 2.45) is 5.73 Å². The Hall–Kier alpha value is -0.610.